The van der Waals surface area contributed by atoms with Crippen molar-refractivity contribution in [2.75, 3.05) is 0 Å². The Balaban J connectivity index is 1.96. The van der Waals surface area contributed by atoms with Gasteiger partial charge >= 0.3 is 0 Å². The maximum absolute atomic E-state index is 10.0. The van der Waals surface area contributed by atoms with Gasteiger partial charge in [0.1, 0.15) is 11.4 Å². The SMILES string of the molecule is Cc1ccc(O)c(N=Cc2c3ccccc3cc3ccccc23)c1. The van der Waals surface area contributed by atoms with Crippen LogP contribution in [0.4, 0.5) is 5.69 Å². The molecule has 0 atom stereocenters. The Labute approximate surface area is 140 Å². The molecule has 0 aliphatic carbocycles. The first-order valence-electron chi connectivity index (χ1n) is 7.96. The number of hydrogen-bond donors (Lipinski definition) is 1. The molecule has 0 aliphatic heterocycles. The Kier molecular flexibility index (Phi) is 3.51. The van der Waals surface area contributed by atoms with Gasteiger partial charge in [-0.15, -0.1) is 0 Å². The minimum atomic E-state index is 0.196. The molecule has 4 rings (SSSR count). The molecule has 0 heterocycles. The van der Waals surface area contributed by atoms with Crippen molar-refractivity contribution in [2.24, 2.45) is 4.99 Å². The number of aromatic hydroxyl groups is 1. The second-order valence-corrected chi connectivity index (χ2v) is 5.98. The van der Waals surface area contributed by atoms with Crippen LogP contribution in [0.3, 0.4) is 0 Å². The zero-order valence-electron chi connectivity index (χ0n) is 13.4. The molecule has 4 aromatic carbocycles. The Bertz CT molecular complexity index is 1030. The number of benzene rings is 4. The molecular weight excluding hydrogens is 294 g/mol. The summed E-state index contributed by atoms with van der Waals surface area (Å²) < 4.78 is 0. The summed E-state index contributed by atoms with van der Waals surface area (Å²) in [5, 5.41) is 14.7. The summed E-state index contributed by atoms with van der Waals surface area (Å²) in [7, 11) is 0. The lowest BCUT2D eigenvalue weighted by atomic mass is 9.97. The number of rotatable bonds is 2. The second kappa shape index (κ2) is 5.82. The first-order chi connectivity index (χ1) is 11.7. The fraction of sp³-hybridized carbons (Fsp3) is 0.0455. The maximum atomic E-state index is 10.0. The average Bonchev–Trinajstić information content (AvgIpc) is 2.61. The molecule has 0 amide bonds. The van der Waals surface area contributed by atoms with Crippen molar-refractivity contribution < 1.29 is 5.11 Å². The Morgan fingerprint density at radius 3 is 2.08 bits per heavy atom. The minimum absolute atomic E-state index is 0.196. The average molecular weight is 311 g/mol. The van der Waals surface area contributed by atoms with Gasteiger partial charge in [0.05, 0.1) is 0 Å². The predicted molar refractivity (Wildman–Crippen MR) is 102 cm³/mol. The summed E-state index contributed by atoms with van der Waals surface area (Å²) in [5.74, 6) is 0.196. The van der Waals surface area contributed by atoms with Crippen molar-refractivity contribution in [1.29, 1.82) is 0 Å². The van der Waals surface area contributed by atoms with E-state index >= 15 is 0 Å². The highest BCUT2D eigenvalue weighted by molar-refractivity contribution is 6.13. The third-order valence-electron chi connectivity index (χ3n) is 4.28. The van der Waals surface area contributed by atoms with Crippen molar-refractivity contribution in [3.05, 3.63) is 83.9 Å². The van der Waals surface area contributed by atoms with Gasteiger partial charge in [0.15, 0.2) is 0 Å². The van der Waals surface area contributed by atoms with E-state index in [4.69, 9.17) is 0 Å². The number of phenols is 1. The number of nitrogens with zero attached hydrogens (tertiary/aromatic N) is 1. The van der Waals surface area contributed by atoms with E-state index in [9.17, 15) is 5.11 Å². The monoisotopic (exact) mass is 311 g/mol. The quantitative estimate of drug-likeness (QED) is 0.370. The molecule has 116 valence electrons. The van der Waals surface area contributed by atoms with E-state index in [2.05, 4.69) is 35.3 Å². The number of phenolic OH excluding ortho intramolecular Hbond substituents is 1. The van der Waals surface area contributed by atoms with E-state index < -0.39 is 0 Å². The molecular formula is C22H17NO. The lowest BCUT2D eigenvalue weighted by Gasteiger charge is -2.08. The number of hydrogen-bond acceptors (Lipinski definition) is 2. The van der Waals surface area contributed by atoms with Gasteiger partial charge in [0, 0.05) is 11.8 Å². The summed E-state index contributed by atoms with van der Waals surface area (Å²) >= 11 is 0. The molecule has 0 saturated carbocycles. The number of aliphatic imine (C=N–C) groups is 1. The largest absolute Gasteiger partial charge is 0.506 e. The molecule has 24 heavy (non-hydrogen) atoms. The summed E-state index contributed by atoms with van der Waals surface area (Å²) in [4.78, 5) is 4.56. The van der Waals surface area contributed by atoms with Crippen LogP contribution in [0.25, 0.3) is 21.5 Å². The van der Waals surface area contributed by atoms with Gasteiger partial charge in [-0.3, -0.25) is 4.99 Å². The molecule has 0 aliphatic rings. The third kappa shape index (κ3) is 2.52. The first kappa shape index (κ1) is 14.5. The van der Waals surface area contributed by atoms with Gasteiger partial charge in [-0.05, 0) is 52.2 Å². The maximum Gasteiger partial charge on any atom is 0.141 e. The molecule has 0 aromatic heterocycles. The van der Waals surface area contributed by atoms with Crippen LogP contribution in [0.15, 0.2) is 77.8 Å². The molecule has 4 aromatic rings. The molecule has 0 radical (unpaired) electrons. The van der Waals surface area contributed by atoms with Gasteiger partial charge in [-0.1, -0.05) is 54.6 Å². The van der Waals surface area contributed by atoms with Crippen molar-refractivity contribution in [1.82, 2.24) is 0 Å². The van der Waals surface area contributed by atoms with E-state index in [1.165, 1.54) is 10.8 Å². The van der Waals surface area contributed by atoms with E-state index in [1.807, 2.05) is 49.5 Å². The van der Waals surface area contributed by atoms with Crippen LogP contribution in [0.1, 0.15) is 11.1 Å². The normalized spacial score (nSPS) is 11.5. The fourth-order valence-electron chi connectivity index (χ4n) is 3.06. The predicted octanol–water partition coefficient (Wildman–Crippen LogP) is 5.76. The van der Waals surface area contributed by atoms with Crippen LogP contribution >= 0.6 is 0 Å². The molecule has 0 saturated heterocycles. The summed E-state index contributed by atoms with van der Waals surface area (Å²) in [6.07, 6.45) is 1.86. The summed E-state index contributed by atoms with van der Waals surface area (Å²) in [6, 6.07) is 24.3. The van der Waals surface area contributed by atoms with Crippen molar-refractivity contribution in [3.63, 3.8) is 0 Å². The Morgan fingerprint density at radius 1 is 0.792 bits per heavy atom. The Morgan fingerprint density at radius 2 is 1.42 bits per heavy atom. The summed E-state index contributed by atoms with van der Waals surface area (Å²) in [5.41, 5.74) is 2.74. The zero-order valence-corrected chi connectivity index (χ0v) is 13.4. The van der Waals surface area contributed by atoms with Gasteiger partial charge in [0.2, 0.25) is 0 Å². The first-order valence-corrected chi connectivity index (χ1v) is 7.96. The van der Waals surface area contributed by atoms with Gasteiger partial charge in [0.25, 0.3) is 0 Å². The lowest BCUT2D eigenvalue weighted by molar-refractivity contribution is 0.477. The van der Waals surface area contributed by atoms with Crippen LogP contribution in [-0.2, 0) is 0 Å². The van der Waals surface area contributed by atoms with Crippen molar-refractivity contribution >= 4 is 33.4 Å². The highest BCUT2D eigenvalue weighted by atomic mass is 16.3. The topological polar surface area (TPSA) is 32.6 Å². The minimum Gasteiger partial charge on any atom is -0.506 e. The van der Waals surface area contributed by atoms with Gasteiger partial charge in [-0.2, -0.15) is 0 Å². The molecule has 0 unspecified atom stereocenters. The molecule has 2 nitrogen and oxygen atoms in total. The van der Waals surface area contributed by atoms with E-state index in [0.29, 0.717) is 5.69 Å². The molecule has 0 bridgehead atoms. The van der Waals surface area contributed by atoms with Crippen LogP contribution < -0.4 is 0 Å². The Hall–Kier alpha value is -3.13. The van der Waals surface area contributed by atoms with E-state index in [-0.39, 0.29) is 5.75 Å². The molecule has 0 fully saturated rings. The second-order valence-electron chi connectivity index (χ2n) is 5.98. The number of fused-ring (bicyclic) bond motifs is 2. The molecule has 1 N–H and O–H groups in total. The number of aryl methyl sites for hydroxylation is 1. The standard InChI is InChI=1S/C22H17NO/c1-15-10-11-22(24)21(12-15)23-14-20-18-8-4-2-6-16(18)13-17-7-3-5-9-19(17)20/h2-14,24H,1H3. The van der Waals surface area contributed by atoms with Gasteiger partial charge in [-0.25, -0.2) is 0 Å². The lowest BCUT2D eigenvalue weighted by Crippen LogP contribution is -1.88. The highest BCUT2D eigenvalue weighted by Crippen LogP contribution is 2.30. The van der Waals surface area contributed by atoms with Crippen molar-refractivity contribution in [2.45, 2.75) is 6.92 Å². The zero-order chi connectivity index (χ0) is 16.5. The van der Waals surface area contributed by atoms with Gasteiger partial charge < -0.3 is 5.11 Å². The fourth-order valence-corrected chi connectivity index (χ4v) is 3.06. The molecule has 2 heteroatoms. The van der Waals surface area contributed by atoms with Crippen LogP contribution in [0.2, 0.25) is 0 Å². The van der Waals surface area contributed by atoms with Crippen LogP contribution in [0, 0.1) is 6.92 Å². The van der Waals surface area contributed by atoms with Crippen molar-refractivity contribution in [3.8, 4) is 5.75 Å². The van der Waals surface area contributed by atoms with E-state index in [0.717, 1.165) is 21.9 Å². The van der Waals surface area contributed by atoms with Crippen LogP contribution in [0.5, 0.6) is 5.75 Å². The third-order valence-corrected chi connectivity index (χ3v) is 4.28. The van der Waals surface area contributed by atoms with Crippen LogP contribution in [-0.4, -0.2) is 11.3 Å². The summed E-state index contributed by atoms with van der Waals surface area (Å²) in [6.45, 7) is 1.99. The highest BCUT2D eigenvalue weighted by Gasteiger charge is 2.06. The smallest absolute Gasteiger partial charge is 0.141 e. The van der Waals surface area contributed by atoms with E-state index in [1.54, 1.807) is 6.07 Å². The molecule has 0 spiro atoms.